The smallest absolute Gasteiger partial charge is 0.0719 e. The molecule has 1 spiro atoms. The van der Waals surface area contributed by atoms with E-state index in [-0.39, 0.29) is 5.41 Å². The first-order chi connectivity index (χ1) is 29.5. The zero-order valence-electron chi connectivity index (χ0n) is 33.7. The molecule has 2 nitrogen and oxygen atoms in total. The summed E-state index contributed by atoms with van der Waals surface area (Å²) in [6, 6.07) is 80.8. The van der Waals surface area contributed by atoms with Gasteiger partial charge in [0.25, 0.3) is 0 Å². The van der Waals surface area contributed by atoms with Crippen molar-refractivity contribution in [3.63, 3.8) is 0 Å². The van der Waals surface area contributed by atoms with Crippen LogP contribution in [-0.2, 0) is 10.8 Å². The van der Waals surface area contributed by atoms with Gasteiger partial charge in [-0.05, 0) is 122 Å². The lowest BCUT2D eigenvalue weighted by atomic mass is 9.55. The lowest BCUT2D eigenvalue weighted by Crippen LogP contribution is -2.40. The molecule has 1 aromatic heterocycles. The van der Waals surface area contributed by atoms with Gasteiger partial charge in [0, 0.05) is 38.9 Å². The molecule has 1 heterocycles. The Morgan fingerprint density at radius 2 is 0.867 bits per heavy atom. The van der Waals surface area contributed by atoms with Gasteiger partial charge in [-0.2, -0.15) is 0 Å². The second-order valence-electron chi connectivity index (χ2n) is 16.9. The Balaban J connectivity index is 1.00. The van der Waals surface area contributed by atoms with Crippen molar-refractivity contribution < 1.29 is 0 Å². The van der Waals surface area contributed by atoms with E-state index in [2.05, 4.69) is 242 Å². The van der Waals surface area contributed by atoms with E-state index in [0.717, 1.165) is 22.7 Å². The average Bonchev–Trinajstić information content (AvgIpc) is 3.80. The van der Waals surface area contributed by atoms with Crippen molar-refractivity contribution >= 4 is 38.9 Å². The number of fused-ring (bicyclic) bond motifs is 12. The van der Waals surface area contributed by atoms with Gasteiger partial charge in [-0.25, -0.2) is 0 Å². The molecule has 0 bridgehead atoms. The van der Waals surface area contributed by atoms with Crippen LogP contribution in [0.4, 0.5) is 17.1 Å². The SMILES string of the molecule is CC1(C)c2ccccc2C2(c3ccccc3-c3ccc(-c4ccc(N(c5ccccc5)c5ccc6c(c5)c5ccccc5n6-c5ccccc5)cc4)cc32)c2ccccc21. The molecule has 0 atom stereocenters. The predicted molar refractivity (Wildman–Crippen MR) is 250 cm³/mol. The number of aromatic nitrogens is 1. The Morgan fingerprint density at radius 3 is 1.58 bits per heavy atom. The van der Waals surface area contributed by atoms with Gasteiger partial charge < -0.3 is 9.47 Å². The van der Waals surface area contributed by atoms with Crippen LogP contribution < -0.4 is 4.90 Å². The van der Waals surface area contributed by atoms with Crippen LogP contribution in [0, 0.1) is 0 Å². The van der Waals surface area contributed by atoms with E-state index in [9.17, 15) is 0 Å². The second-order valence-corrected chi connectivity index (χ2v) is 16.9. The topological polar surface area (TPSA) is 8.17 Å². The summed E-state index contributed by atoms with van der Waals surface area (Å²) in [5.41, 5.74) is 19.7. The zero-order valence-corrected chi connectivity index (χ0v) is 33.7. The van der Waals surface area contributed by atoms with E-state index in [0.29, 0.717) is 0 Å². The van der Waals surface area contributed by atoms with Crippen molar-refractivity contribution in [1.82, 2.24) is 4.57 Å². The molecule has 0 unspecified atom stereocenters. The van der Waals surface area contributed by atoms with Crippen molar-refractivity contribution in [2.24, 2.45) is 0 Å². The molecule has 12 rings (SSSR count). The Labute approximate surface area is 351 Å². The zero-order chi connectivity index (χ0) is 40.0. The van der Waals surface area contributed by atoms with Crippen LogP contribution in [0.2, 0.25) is 0 Å². The van der Waals surface area contributed by atoms with Crippen LogP contribution in [0.15, 0.2) is 218 Å². The average molecular weight is 767 g/mol. The first-order valence-corrected chi connectivity index (χ1v) is 21.0. The van der Waals surface area contributed by atoms with Crippen molar-refractivity contribution in [3.8, 4) is 27.9 Å². The fourth-order valence-electron chi connectivity index (χ4n) is 10.8. The van der Waals surface area contributed by atoms with Gasteiger partial charge in [0.1, 0.15) is 0 Å². The van der Waals surface area contributed by atoms with Crippen molar-refractivity contribution in [1.29, 1.82) is 0 Å². The van der Waals surface area contributed by atoms with E-state index < -0.39 is 5.41 Å². The molecule has 2 aliphatic rings. The molecule has 10 aromatic rings. The summed E-state index contributed by atoms with van der Waals surface area (Å²) in [7, 11) is 0. The highest BCUT2D eigenvalue weighted by atomic mass is 15.1. The van der Waals surface area contributed by atoms with E-state index >= 15 is 0 Å². The minimum atomic E-state index is -0.420. The molecule has 0 saturated heterocycles. The first-order valence-electron chi connectivity index (χ1n) is 21.0. The summed E-state index contributed by atoms with van der Waals surface area (Å²) < 4.78 is 2.38. The fourth-order valence-corrected chi connectivity index (χ4v) is 10.8. The molecule has 0 fully saturated rings. The molecule has 0 saturated carbocycles. The maximum Gasteiger partial charge on any atom is 0.0719 e. The summed E-state index contributed by atoms with van der Waals surface area (Å²) in [4.78, 5) is 2.38. The third-order valence-electron chi connectivity index (χ3n) is 13.5. The second kappa shape index (κ2) is 13.0. The van der Waals surface area contributed by atoms with E-state index in [4.69, 9.17) is 0 Å². The largest absolute Gasteiger partial charge is 0.310 e. The van der Waals surface area contributed by atoms with Crippen LogP contribution in [0.25, 0.3) is 49.7 Å². The predicted octanol–water partition coefficient (Wildman–Crippen LogP) is 14.9. The molecule has 0 N–H and O–H groups in total. The molecule has 2 heteroatoms. The van der Waals surface area contributed by atoms with Gasteiger partial charge in [-0.1, -0.05) is 166 Å². The Hall–Kier alpha value is -7.42. The first kappa shape index (κ1) is 34.6. The third kappa shape index (κ3) is 4.82. The number of benzene rings is 9. The Kier molecular flexibility index (Phi) is 7.52. The molecular formula is C58H42N2. The highest BCUT2D eigenvalue weighted by Gasteiger charge is 2.53. The molecule has 60 heavy (non-hydrogen) atoms. The standard InChI is InChI=1S/C58H42N2/c1-57(2)50-24-12-14-26-52(50)58(53-27-15-13-25-51(53)57)49-23-11-9-21-45(49)46-35-31-40(37-54(46)58)39-29-32-43(33-30-39)59(41-17-5-3-6-18-41)44-34-36-56-48(38-44)47-22-10-16-28-55(47)60(56)42-19-7-4-8-20-42/h3-38H,1-2H3. The highest BCUT2D eigenvalue weighted by molar-refractivity contribution is 6.10. The minimum absolute atomic E-state index is 0.127. The molecule has 2 aliphatic carbocycles. The lowest BCUT2D eigenvalue weighted by Gasteiger charge is -2.46. The Morgan fingerprint density at radius 1 is 0.350 bits per heavy atom. The van der Waals surface area contributed by atoms with Gasteiger partial charge in [-0.15, -0.1) is 0 Å². The van der Waals surface area contributed by atoms with Crippen molar-refractivity contribution in [2.45, 2.75) is 24.7 Å². The summed E-state index contributed by atoms with van der Waals surface area (Å²) in [5.74, 6) is 0. The van der Waals surface area contributed by atoms with E-state index in [1.807, 2.05) is 0 Å². The van der Waals surface area contributed by atoms with E-state index in [1.165, 1.54) is 77.4 Å². The minimum Gasteiger partial charge on any atom is -0.310 e. The number of para-hydroxylation sites is 3. The van der Waals surface area contributed by atoms with Gasteiger partial charge >= 0.3 is 0 Å². The Bertz CT molecular complexity index is 3230. The van der Waals surface area contributed by atoms with Crippen LogP contribution in [-0.4, -0.2) is 4.57 Å². The quantitative estimate of drug-likeness (QED) is 0.169. The molecule has 0 radical (unpaired) electrons. The molecule has 284 valence electrons. The fraction of sp³-hybridized carbons (Fsp3) is 0.0690. The molecular weight excluding hydrogens is 725 g/mol. The third-order valence-corrected chi connectivity index (χ3v) is 13.5. The van der Waals surface area contributed by atoms with Crippen molar-refractivity contribution in [2.75, 3.05) is 4.90 Å². The van der Waals surface area contributed by atoms with Gasteiger partial charge in [0.05, 0.1) is 16.4 Å². The summed E-state index contributed by atoms with van der Waals surface area (Å²) in [6.45, 7) is 4.77. The number of hydrogen-bond donors (Lipinski definition) is 0. The van der Waals surface area contributed by atoms with Crippen LogP contribution >= 0.6 is 0 Å². The van der Waals surface area contributed by atoms with Crippen LogP contribution in [0.1, 0.15) is 47.2 Å². The number of hydrogen-bond acceptors (Lipinski definition) is 1. The van der Waals surface area contributed by atoms with Crippen LogP contribution in [0.5, 0.6) is 0 Å². The number of anilines is 3. The normalized spacial score (nSPS) is 14.1. The summed E-state index contributed by atoms with van der Waals surface area (Å²) in [5, 5.41) is 2.47. The maximum atomic E-state index is 2.49. The van der Waals surface area contributed by atoms with Gasteiger partial charge in [-0.3, -0.25) is 0 Å². The van der Waals surface area contributed by atoms with Gasteiger partial charge in [0.2, 0.25) is 0 Å². The molecule has 0 amide bonds. The number of nitrogens with zero attached hydrogens (tertiary/aromatic N) is 2. The molecule has 9 aromatic carbocycles. The van der Waals surface area contributed by atoms with Gasteiger partial charge in [0.15, 0.2) is 0 Å². The summed E-state index contributed by atoms with van der Waals surface area (Å²) >= 11 is 0. The molecule has 0 aliphatic heterocycles. The van der Waals surface area contributed by atoms with E-state index in [1.54, 1.807) is 0 Å². The lowest BCUT2D eigenvalue weighted by molar-refractivity contribution is 0.563. The maximum absolute atomic E-state index is 2.49. The summed E-state index contributed by atoms with van der Waals surface area (Å²) in [6.07, 6.45) is 0. The van der Waals surface area contributed by atoms with Crippen molar-refractivity contribution in [3.05, 3.63) is 252 Å². The monoisotopic (exact) mass is 766 g/mol. The van der Waals surface area contributed by atoms with Crippen LogP contribution in [0.3, 0.4) is 0 Å². The number of rotatable bonds is 5. The highest BCUT2D eigenvalue weighted by Crippen LogP contribution is 2.62.